The fourth-order valence-electron chi connectivity index (χ4n) is 2.85. The Labute approximate surface area is 154 Å². The summed E-state index contributed by atoms with van der Waals surface area (Å²) in [4.78, 5) is 14.2. The third-order valence-corrected chi connectivity index (χ3v) is 4.06. The monoisotopic (exact) mass is 380 g/mol. The van der Waals surface area contributed by atoms with E-state index in [1.807, 2.05) is 30.3 Å². The Kier molecular flexibility index (Phi) is 5.73. The van der Waals surface area contributed by atoms with Crippen LogP contribution in [-0.2, 0) is 0 Å². The first kappa shape index (κ1) is 18.9. The van der Waals surface area contributed by atoms with Crippen LogP contribution in [0.5, 0.6) is 11.5 Å². The van der Waals surface area contributed by atoms with E-state index in [9.17, 15) is 18.0 Å². The molecular formula is C19H19F3N2O3. The molecule has 1 N–H and O–H groups in total. The van der Waals surface area contributed by atoms with E-state index < -0.39 is 12.6 Å². The van der Waals surface area contributed by atoms with Crippen molar-refractivity contribution in [2.75, 3.05) is 11.9 Å². The number of nitrogens with one attached hydrogen (secondary N) is 1. The number of nitrogens with zero attached hydrogens (tertiary/aromatic N) is 1. The number of halogens is 3. The van der Waals surface area contributed by atoms with Gasteiger partial charge < -0.3 is 14.8 Å². The molecule has 0 bridgehead atoms. The summed E-state index contributed by atoms with van der Waals surface area (Å²) in [7, 11) is 0. The molecule has 2 aromatic rings. The van der Waals surface area contributed by atoms with Crippen molar-refractivity contribution in [2.45, 2.75) is 31.9 Å². The molecule has 1 aliphatic heterocycles. The molecule has 2 aromatic carbocycles. The average molecular weight is 380 g/mol. The zero-order valence-electron chi connectivity index (χ0n) is 14.4. The highest BCUT2D eigenvalue weighted by atomic mass is 19.4. The van der Waals surface area contributed by atoms with E-state index >= 15 is 0 Å². The molecule has 1 saturated heterocycles. The summed E-state index contributed by atoms with van der Waals surface area (Å²) in [5, 5.41) is 2.69. The third kappa shape index (κ3) is 5.54. The number of rotatable bonds is 4. The Morgan fingerprint density at radius 2 is 1.70 bits per heavy atom. The summed E-state index contributed by atoms with van der Waals surface area (Å²) in [5.74, 6) is 0.333. The minimum absolute atomic E-state index is 0.344. The Morgan fingerprint density at radius 3 is 2.37 bits per heavy atom. The van der Waals surface area contributed by atoms with Crippen molar-refractivity contribution in [3.63, 3.8) is 0 Å². The standard InChI is InChI=1S/C19H19F3N2O3/c20-19(21,22)27-16-11-9-14(10-12-16)23-18(25)24-13-5-4-8-17(24)26-15-6-2-1-3-7-15/h1-3,6-7,9-12,17H,4-5,8,13H2,(H,23,25). The van der Waals surface area contributed by atoms with Crippen LogP contribution < -0.4 is 14.8 Å². The lowest BCUT2D eigenvalue weighted by Gasteiger charge is -2.35. The zero-order valence-corrected chi connectivity index (χ0v) is 14.4. The zero-order chi connectivity index (χ0) is 19.3. The van der Waals surface area contributed by atoms with Crippen molar-refractivity contribution in [3.8, 4) is 11.5 Å². The van der Waals surface area contributed by atoms with Gasteiger partial charge in [-0.1, -0.05) is 18.2 Å². The number of likely N-dealkylation sites (tertiary alicyclic amines) is 1. The normalized spacial score (nSPS) is 17.3. The number of alkyl halides is 3. The lowest BCUT2D eigenvalue weighted by Crippen LogP contribution is -2.48. The lowest BCUT2D eigenvalue weighted by molar-refractivity contribution is -0.274. The van der Waals surface area contributed by atoms with Crippen LogP contribution in [0, 0.1) is 0 Å². The number of carbonyl (C=O) groups is 1. The molecule has 1 heterocycles. The minimum Gasteiger partial charge on any atom is -0.470 e. The molecule has 1 aliphatic rings. The summed E-state index contributed by atoms with van der Waals surface area (Å²) in [6, 6.07) is 13.9. The van der Waals surface area contributed by atoms with Crippen LogP contribution in [0.15, 0.2) is 54.6 Å². The van der Waals surface area contributed by atoms with Crippen LogP contribution in [-0.4, -0.2) is 30.1 Å². The van der Waals surface area contributed by atoms with Crippen molar-refractivity contribution < 1.29 is 27.4 Å². The topological polar surface area (TPSA) is 50.8 Å². The fourth-order valence-corrected chi connectivity index (χ4v) is 2.85. The minimum atomic E-state index is -4.75. The number of anilines is 1. The highest BCUT2D eigenvalue weighted by Crippen LogP contribution is 2.25. The van der Waals surface area contributed by atoms with E-state index in [2.05, 4.69) is 10.1 Å². The van der Waals surface area contributed by atoms with Gasteiger partial charge in [0.15, 0.2) is 6.23 Å². The van der Waals surface area contributed by atoms with Gasteiger partial charge in [0.1, 0.15) is 11.5 Å². The van der Waals surface area contributed by atoms with Crippen molar-refractivity contribution >= 4 is 11.7 Å². The summed E-state index contributed by atoms with van der Waals surface area (Å²) in [5.41, 5.74) is 0.374. The van der Waals surface area contributed by atoms with Gasteiger partial charge in [0, 0.05) is 18.7 Å². The van der Waals surface area contributed by atoms with Gasteiger partial charge in [-0.05, 0) is 49.2 Å². The largest absolute Gasteiger partial charge is 0.573 e. The first-order valence-corrected chi connectivity index (χ1v) is 8.56. The molecule has 5 nitrogen and oxygen atoms in total. The molecule has 3 rings (SSSR count). The van der Waals surface area contributed by atoms with E-state index in [-0.39, 0.29) is 11.8 Å². The van der Waals surface area contributed by atoms with Crippen LogP contribution >= 0.6 is 0 Å². The Morgan fingerprint density at radius 1 is 1.00 bits per heavy atom. The van der Waals surface area contributed by atoms with Crippen LogP contribution in [0.25, 0.3) is 0 Å². The number of benzene rings is 2. The number of piperidine rings is 1. The molecule has 27 heavy (non-hydrogen) atoms. The van der Waals surface area contributed by atoms with Gasteiger partial charge in [0.05, 0.1) is 0 Å². The average Bonchev–Trinajstić information content (AvgIpc) is 2.63. The first-order valence-electron chi connectivity index (χ1n) is 8.56. The van der Waals surface area contributed by atoms with E-state index in [4.69, 9.17) is 4.74 Å². The second kappa shape index (κ2) is 8.20. The maximum atomic E-state index is 12.6. The molecule has 0 aliphatic carbocycles. The molecule has 0 spiro atoms. The molecule has 1 unspecified atom stereocenters. The van der Waals surface area contributed by atoms with Crippen LogP contribution in [0.3, 0.4) is 0 Å². The number of hydrogen-bond donors (Lipinski definition) is 1. The molecule has 1 atom stereocenters. The number of para-hydroxylation sites is 1. The Balaban J connectivity index is 1.63. The second-order valence-electron chi connectivity index (χ2n) is 6.08. The second-order valence-corrected chi connectivity index (χ2v) is 6.08. The quantitative estimate of drug-likeness (QED) is 0.811. The molecule has 1 fully saturated rings. The molecule has 0 aromatic heterocycles. The fraction of sp³-hybridized carbons (Fsp3) is 0.316. The van der Waals surface area contributed by atoms with E-state index in [1.165, 1.54) is 12.1 Å². The van der Waals surface area contributed by atoms with Gasteiger partial charge in [-0.2, -0.15) is 0 Å². The molecule has 0 saturated carbocycles. The smallest absolute Gasteiger partial charge is 0.470 e. The molecule has 144 valence electrons. The summed E-state index contributed by atoms with van der Waals surface area (Å²) in [6.45, 7) is 0.540. The highest BCUT2D eigenvalue weighted by molar-refractivity contribution is 5.89. The van der Waals surface area contributed by atoms with Gasteiger partial charge in [-0.3, -0.25) is 4.90 Å². The predicted octanol–water partition coefficient (Wildman–Crippen LogP) is 5.01. The van der Waals surface area contributed by atoms with E-state index in [0.717, 1.165) is 25.0 Å². The number of ether oxygens (including phenoxy) is 2. The molecule has 2 amide bonds. The maximum absolute atomic E-state index is 12.6. The van der Waals surface area contributed by atoms with Crippen molar-refractivity contribution in [1.82, 2.24) is 4.90 Å². The first-order chi connectivity index (χ1) is 12.9. The third-order valence-electron chi connectivity index (χ3n) is 4.06. The highest BCUT2D eigenvalue weighted by Gasteiger charge is 2.31. The van der Waals surface area contributed by atoms with Gasteiger partial charge in [-0.25, -0.2) is 4.79 Å². The maximum Gasteiger partial charge on any atom is 0.573 e. The molecule has 0 radical (unpaired) electrons. The van der Waals surface area contributed by atoms with Gasteiger partial charge >= 0.3 is 12.4 Å². The number of urea groups is 1. The molecular weight excluding hydrogens is 361 g/mol. The van der Waals surface area contributed by atoms with E-state index in [0.29, 0.717) is 24.4 Å². The summed E-state index contributed by atoms with van der Waals surface area (Å²) >= 11 is 0. The van der Waals surface area contributed by atoms with Gasteiger partial charge in [-0.15, -0.1) is 13.2 Å². The summed E-state index contributed by atoms with van der Waals surface area (Å²) < 4.78 is 46.4. The summed E-state index contributed by atoms with van der Waals surface area (Å²) in [6.07, 6.45) is -2.62. The SMILES string of the molecule is O=C(Nc1ccc(OC(F)(F)F)cc1)N1CCCCC1Oc1ccccc1. The lowest BCUT2D eigenvalue weighted by atomic mass is 10.1. The van der Waals surface area contributed by atoms with E-state index in [1.54, 1.807) is 4.90 Å². The number of carbonyl (C=O) groups excluding carboxylic acids is 1. The molecule has 8 heteroatoms. The Bertz CT molecular complexity index is 751. The van der Waals surface area contributed by atoms with Crippen molar-refractivity contribution in [2.24, 2.45) is 0 Å². The van der Waals surface area contributed by atoms with Crippen LogP contribution in [0.1, 0.15) is 19.3 Å². The number of hydrogen-bond acceptors (Lipinski definition) is 3. The van der Waals surface area contributed by atoms with Crippen LogP contribution in [0.4, 0.5) is 23.7 Å². The Hall–Kier alpha value is -2.90. The predicted molar refractivity (Wildman–Crippen MR) is 93.6 cm³/mol. The van der Waals surface area contributed by atoms with Crippen molar-refractivity contribution in [3.05, 3.63) is 54.6 Å². The number of amides is 2. The van der Waals surface area contributed by atoms with Gasteiger partial charge in [0.2, 0.25) is 0 Å². The van der Waals surface area contributed by atoms with Crippen LogP contribution in [0.2, 0.25) is 0 Å². The van der Waals surface area contributed by atoms with Crippen molar-refractivity contribution in [1.29, 1.82) is 0 Å². The van der Waals surface area contributed by atoms with Gasteiger partial charge in [0.25, 0.3) is 0 Å².